The molecule has 0 aliphatic rings. The number of halogens is 2. The number of rotatable bonds is 5. The smallest absolute Gasteiger partial charge is 0.226 e. The molecule has 7 heteroatoms. The first kappa shape index (κ1) is 16.5. The van der Waals surface area contributed by atoms with Gasteiger partial charge in [-0.3, -0.25) is 9.59 Å². The maximum Gasteiger partial charge on any atom is 0.226 e. The average Bonchev–Trinajstić information content (AvgIpc) is 2.94. The Balaban J connectivity index is 1.62. The molecule has 4 nitrogen and oxygen atoms in total. The summed E-state index contributed by atoms with van der Waals surface area (Å²) >= 11 is 6.86. The summed E-state index contributed by atoms with van der Waals surface area (Å²) < 4.78 is 14.0. The fourth-order valence-corrected chi connectivity index (χ4v) is 3.20. The number of Topliss-reactive ketones (excluding diaryl/α,β-unsaturated/α-hetero) is 1. The number of anilines is 1. The van der Waals surface area contributed by atoms with Gasteiger partial charge in [0.1, 0.15) is 5.82 Å². The maximum atomic E-state index is 13.4. The minimum absolute atomic E-state index is 0.0147. The molecule has 2 aromatic carbocycles. The number of carbonyl (C=O) groups excluding carboxylic acids is 2. The Hall–Kier alpha value is -2.31. The van der Waals surface area contributed by atoms with Gasteiger partial charge in [-0.25, -0.2) is 9.37 Å². The van der Waals surface area contributed by atoms with E-state index in [4.69, 9.17) is 11.6 Å². The summed E-state index contributed by atoms with van der Waals surface area (Å²) in [7, 11) is 0. The topological polar surface area (TPSA) is 59.1 Å². The summed E-state index contributed by atoms with van der Waals surface area (Å²) in [6, 6.07) is 11.5. The van der Waals surface area contributed by atoms with Crippen LogP contribution in [0.4, 0.5) is 9.52 Å². The van der Waals surface area contributed by atoms with Crippen LogP contribution in [0.1, 0.15) is 23.2 Å². The minimum atomic E-state index is -0.529. The lowest BCUT2D eigenvalue weighted by Gasteiger charge is -2.01. The quantitative estimate of drug-likeness (QED) is 0.670. The van der Waals surface area contributed by atoms with E-state index in [1.165, 1.54) is 12.1 Å². The molecule has 0 saturated heterocycles. The van der Waals surface area contributed by atoms with Crippen LogP contribution >= 0.6 is 22.9 Å². The van der Waals surface area contributed by atoms with E-state index in [1.54, 1.807) is 24.3 Å². The molecule has 0 bridgehead atoms. The molecule has 1 amide bonds. The molecule has 122 valence electrons. The lowest BCUT2D eigenvalue weighted by molar-refractivity contribution is -0.116. The lowest BCUT2D eigenvalue weighted by atomic mass is 10.1. The van der Waals surface area contributed by atoms with E-state index in [0.29, 0.717) is 20.9 Å². The Morgan fingerprint density at radius 1 is 1.17 bits per heavy atom. The predicted molar refractivity (Wildman–Crippen MR) is 93.2 cm³/mol. The van der Waals surface area contributed by atoms with Gasteiger partial charge in [0.25, 0.3) is 0 Å². The van der Waals surface area contributed by atoms with Crippen molar-refractivity contribution in [2.24, 2.45) is 0 Å². The molecule has 0 aliphatic heterocycles. The summed E-state index contributed by atoms with van der Waals surface area (Å²) in [5.74, 6) is -0.937. The monoisotopic (exact) mass is 362 g/mol. The van der Waals surface area contributed by atoms with E-state index in [2.05, 4.69) is 10.3 Å². The number of hydrogen-bond donors (Lipinski definition) is 1. The molecule has 3 rings (SSSR count). The van der Waals surface area contributed by atoms with Crippen LogP contribution in [0.3, 0.4) is 0 Å². The van der Waals surface area contributed by atoms with Crippen molar-refractivity contribution in [2.75, 3.05) is 5.32 Å². The van der Waals surface area contributed by atoms with Crippen molar-refractivity contribution in [3.63, 3.8) is 0 Å². The van der Waals surface area contributed by atoms with Gasteiger partial charge in [0.2, 0.25) is 5.91 Å². The molecule has 0 spiro atoms. The van der Waals surface area contributed by atoms with Gasteiger partial charge in [0, 0.05) is 18.4 Å². The van der Waals surface area contributed by atoms with Crippen molar-refractivity contribution < 1.29 is 14.0 Å². The molecule has 1 N–H and O–H groups in total. The van der Waals surface area contributed by atoms with Gasteiger partial charge in [-0.1, -0.05) is 53.3 Å². The third-order valence-electron chi connectivity index (χ3n) is 3.35. The minimum Gasteiger partial charge on any atom is -0.302 e. The third kappa shape index (κ3) is 3.77. The molecule has 0 aliphatic carbocycles. The number of aromatic nitrogens is 1. The Morgan fingerprint density at radius 2 is 1.92 bits per heavy atom. The van der Waals surface area contributed by atoms with Crippen LogP contribution in [-0.2, 0) is 4.79 Å². The van der Waals surface area contributed by atoms with Crippen molar-refractivity contribution in [1.29, 1.82) is 0 Å². The molecule has 0 radical (unpaired) electrons. The van der Waals surface area contributed by atoms with Crippen LogP contribution in [0.2, 0.25) is 5.02 Å². The van der Waals surface area contributed by atoms with Crippen molar-refractivity contribution in [2.45, 2.75) is 12.8 Å². The fraction of sp³-hybridized carbons (Fsp3) is 0.118. The second-order valence-electron chi connectivity index (χ2n) is 5.09. The molecule has 3 aromatic rings. The summed E-state index contributed by atoms with van der Waals surface area (Å²) in [6.45, 7) is 0. The molecule has 0 saturated carbocycles. The number of amides is 1. The van der Waals surface area contributed by atoms with E-state index in [1.807, 2.05) is 6.07 Å². The first-order valence-electron chi connectivity index (χ1n) is 7.16. The molecule has 0 atom stereocenters. The predicted octanol–water partition coefficient (Wildman–Crippen LogP) is 4.69. The van der Waals surface area contributed by atoms with Gasteiger partial charge < -0.3 is 5.32 Å². The van der Waals surface area contributed by atoms with Crippen LogP contribution < -0.4 is 5.32 Å². The molecule has 1 heterocycles. The van der Waals surface area contributed by atoms with E-state index in [0.717, 1.165) is 11.3 Å². The van der Waals surface area contributed by atoms with E-state index >= 15 is 0 Å². The van der Waals surface area contributed by atoms with Gasteiger partial charge >= 0.3 is 0 Å². The zero-order valence-electron chi connectivity index (χ0n) is 12.4. The van der Waals surface area contributed by atoms with E-state index in [9.17, 15) is 14.0 Å². The van der Waals surface area contributed by atoms with Gasteiger partial charge in [-0.15, -0.1) is 0 Å². The van der Waals surface area contributed by atoms with E-state index in [-0.39, 0.29) is 29.6 Å². The number of thiazole rings is 1. The van der Waals surface area contributed by atoms with Gasteiger partial charge in [0.05, 0.1) is 15.2 Å². The molecular formula is C17H12ClFN2O2S. The van der Waals surface area contributed by atoms with Gasteiger partial charge in [0.15, 0.2) is 10.9 Å². The summed E-state index contributed by atoms with van der Waals surface area (Å²) in [5, 5.41) is 2.96. The number of hydrogen-bond acceptors (Lipinski definition) is 4. The average molecular weight is 363 g/mol. The maximum absolute atomic E-state index is 13.4. The number of carbonyl (C=O) groups is 2. The number of nitrogens with one attached hydrogen (secondary N) is 1. The number of fused-ring (bicyclic) bond motifs is 1. The first-order chi connectivity index (χ1) is 11.5. The number of ketones is 1. The van der Waals surface area contributed by atoms with Crippen molar-refractivity contribution in [3.8, 4) is 0 Å². The van der Waals surface area contributed by atoms with Crippen LogP contribution in [0.25, 0.3) is 10.2 Å². The van der Waals surface area contributed by atoms with Gasteiger partial charge in [-0.2, -0.15) is 0 Å². The standard InChI is InChI=1S/C17H12ClFN2O2S/c18-11-8-13-15(9-12(11)19)24-17(20-13)21-16(23)7-6-14(22)10-4-2-1-3-5-10/h1-5,8-9H,6-7H2,(H,20,21,23). The van der Waals surface area contributed by atoms with Crippen LogP contribution in [0.15, 0.2) is 42.5 Å². The molecule has 0 fully saturated rings. The highest BCUT2D eigenvalue weighted by atomic mass is 35.5. The molecular weight excluding hydrogens is 351 g/mol. The Bertz CT molecular complexity index is 873. The number of benzene rings is 2. The van der Waals surface area contributed by atoms with Crippen molar-refractivity contribution >= 4 is 50.0 Å². The Labute approximate surface area is 146 Å². The zero-order chi connectivity index (χ0) is 17.1. The SMILES string of the molecule is O=C(CCC(=O)c1ccccc1)Nc1nc2cc(Cl)c(F)cc2s1. The van der Waals surface area contributed by atoms with Crippen LogP contribution in [0, 0.1) is 5.82 Å². The number of nitrogens with zero attached hydrogens (tertiary/aromatic N) is 1. The third-order valence-corrected chi connectivity index (χ3v) is 4.57. The lowest BCUT2D eigenvalue weighted by Crippen LogP contribution is -2.13. The second kappa shape index (κ2) is 7.07. The van der Waals surface area contributed by atoms with Gasteiger partial charge in [-0.05, 0) is 12.1 Å². The van der Waals surface area contributed by atoms with E-state index < -0.39 is 5.82 Å². The Kier molecular flexibility index (Phi) is 4.87. The summed E-state index contributed by atoms with van der Waals surface area (Å²) in [5.41, 5.74) is 1.09. The fourth-order valence-electron chi connectivity index (χ4n) is 2.15. The summed E-state index contributed by atoms with van der Waals surface area (Å²) in [6.07, 6.45) is 0.167. The molecule has 1 aromatic heterocycles. The highest BCUT2D eigenvalue weighted by Crippen LogP contribution is 2.30. The highest BCUT2D eigenvalue weighted by molar-refractivity contribution is 7.22. The largest absolute Gasteiger partial charge is 0.302 e. The van der Waals surface area contributed by atoms with Crippen molar-refractivity contribution in [1.82, 2.24) is 4.98 Å². The first-order valence-corrected chi connectivity index (χ1v) is 8.36. The summed E-state index contributed by atoms with van der Waals surface area (Å²) in [4.78, 5) is 28.1. The molecule has 0 unspecified atom stereocenters. The highest BCUT2D eigenvalue weighted by Gasteiger charge is 2.12. The normalized spacial score (nSPS) is 10.8. The Morgan fingerprint density at radius 3 is 2.67 bits per heavy atom. The zero-order valence-corrected chi connectivity index (χ0v) is 14.0. The van der Waals surface area contributed by atoms with Crippen LogP contribution in [0.5, 0.6) is 0 Å². The second-order valence-corrected chi connectivity index (χ2v) is 6.53. The molecule has 24 heavy (non-hydrogen) atoms. The van der Waals surface area contributed by atoms with Crippen LogP contribution in [-0.4, -0.2) is 16.7 Å². The van der Waals surface area contributed by atoms with Crippen molar-refractivity contribution in [3.05, 3.63) is 58.9 Å².